The lowest BCUT2D eigenvalue weighted by molar-refractivity contribution is -0.136. The summed E-state index contributed by atoms with van der Waals surface area (Å²) < 4.78 is 0. The van der Waals surface area contributed by atoms with Crippen molar-refractivity contribution in [3.63, 3.8) is 0 Å². The first-order chi connectivity index (χ1) is 19.5. The molecule has 0 unspecified atom stereocenters. The lowest BCUT2D eigenvalue weighted by Gasteiger charge is -2.23. The molecule has 2 N–H and O–H groups in total. The Morgan fingerprint density at radius 1 is 0.950 bits per heavy atom. The molecule has 204 valence electrons. The van der Waals surface area contributed by atoms with Crippen LogP contribution in [-0.2, 0) is 11.3 Å². The predicted molar refractivity (Wildman–Crippen MR) is 162 cm³/mol. The van der Waals surface area contributed by atoms with Gasteiger partial charge in [-0.25, -0.2) is 4.98 Å². The number of hydrogen-bond acceptors (Lipinski definition) is 5. The molecule has 0 bridgehead atoms. The first-order valence-corrected chi connectivity index (χ1v) is 14.5. The van der Waals surface area contributed by atoms with E-state index in [0.29, 0.717) is 12.1 Å². The summed E-state index contributed by atoms with van der Waals surface area (Å²) in [4.78, 5) is 31.6. The van der Waals surface area contributed by atoms with Gasteiger partial charge < -0.3 is 15.3 Å². The van der Waals surface area contributed by atoms with Crippen LogP contribution in [0, 0.1) is 6.92 Å². The second kappa shape index (κ2) is 12.7. The molecule has 1 aliphatic rings. The van der Waals surface area contributed by atoms with Crippen LogP contribution < -0.4 is 10.2 Å². The molecule has 0 atom stereocenters. The van der Waals surface area contributed by atoms with Gasteiger partial charge >= 0.3 is 5.97 Å². The van der Waals surface area contributed by atoms with Crippen molar-refractivity contribution >= 4 is 39.6 Å². The van der Waals surface area contributed by atoms with Crippen LogP contribution in [0.3, 0.4) is 0 Å². The number of carbonyl (C=O) groups excluding carboxylic acids is 1. The maximum Gasteiger partial charge on any atom is 0.305 e. The number of thiazole rings is 1. The molecule has 0 fully saturated rings. The molecule has 4 aromatic rings. The van der Waals surface area contributed by atoms with Gasteiger partial charge in [0.25, 0.3) is 5.91 Å². The van der Waals surface area contributed by atoms with E-state index in [0.717, 1.165) is 45.4 Å². The van der Waals surface area contributed by atoms with Gasteiger partial charge in [0.15, 0.2) is 5.13 Å². The molecule has 0 radical (unpaired) electrons. The van der Waals surface area contributed by atoms with Crippen LogP contribution in [0.1, 0.15) is 58.5 Å². The maximum absolute atomic E-state index is 12.4. The summed E-state index contributed by atoms with van der Waals surface area (Å²) in [6.45, 7) is 2.80. The molecule has 5 rings (SSSR count). The maximum atomic E-state index is 12.4. The van der Waals surface area contributed by atoms with Crippen molar-refractivity contribution in [2.24, 2.45) is 0 Å². The molecule has 1 aliphatic carbocycles. The van der Waals surface area contributed by atoms with Crippen LogP contribution in [0.4, 0.5) is 10.8 Å². The standard InChI is InChI=1S/C33H33N3O3S/c1-23-31(27-10-6-3-7-11-27)35-33(40-23)36(29-18-16-26(17-19-29)25-8-4-2-5-9-25)22-24-12-14-28(15-13-24)32(39)34-21-20-30(37)38/h3,6-8,10-19H,2,4-5,9,20-22H2,1H3,(H,34,39)(H,37,38). The largest absolute Gasteiger partial charge is 0.481 e. The zero-order valence-electron chi connectivity index (χ0n) is 22.6. The first kappa shape index (κ1) is 27.3. The summed E-state index contributed by atoms with van der Waals surface area (Å²) in [5, 5.41) is 12.4. The number of hydrogen-bond donors (Lipinski definition) is 2. The van der Waals surface area contributed by atoms with Crippen molar-refractivity contribution in [1.29, 1.82) is 0 Å². The minimum atomic E-state index is -0.938. The Bertz CT molecular complexity index is 1490. The monoisotopic (exact) mass is 551 g/mol. The lowest BCUT2D eigenvalue weighted by Crippen LogP contribution is -2.26. The van der Waals surface area contributed by atoms with E-state index in [4.69, 9.17) is 10.1 Å². The third kappa shape index (κ3) is 6.66. The summed E-state index contributed by atoms with van der Waals surface area (Å²) in [5.74, 6) is -1.22. The van der Waals surface area contributed by atoms with Crippen molar-refractivity contribution in [2.75, 3.05) is 11.4 Å². The molecule has 0 spiro atoms. The fourth-order valence-electron chi connectivity index (χ4n) is 4.92. The summed E-state index contributed by atoms with van der Waals surface area (Å²) in [5.41, 5.74) is 7.39. The molecule has 0 aliphatic heterocycles. The minimum Gasteiger partial charge on any atom is -0.481 e. The number of allylic oxidation sites excluding steroid dienone is 2. The Hall–Kier alpha value is -4.23. The van der Waals surface area contributed by atoms with Gasteiger partial charge in [-0.1, -0.05) is 60.7 Å². The van der Waals surface area contributed by atoms with Gasteiger partial charge in [0, 0.05) is 28.2 Å². The van der Waals surface area contributed by atoms with E-state index in [9.17, 15) is 9.59 Å². The fraction of sp³-hybridized carbons (Fsp3) is 0.242. The Balaban J connectivity index is 1.42. The molecule has 3 aromatic carbocycles. The number of aryl methyl sites for hydroxylation is 1. The first-order valence-electron chi connectivity index (χ1n) is 13.7. The SMILES string of the molecule is Cc1sc(N(Cc2ccc(C(=O)NCCC(=O)O)cc2)c2ccc(C3=CCCCC3)cc2)nc1-c1ccccc1. The van der Waals surface area contributed by atoms with Crippen molar-refractivity contribution < 1.29 is 14.7 Å². The van der Waals surface area contributed by atoms with Crippen molar-refractivity contribution in [3.8, 4) is 11.3 Å². The number of anilines is 2. The number of rotatable bonds is 10. The fourth-order valence-corrected chi connectivity index (χ4v) is 5.87. The molecule has 1 amide bonds. The van der Waals surface area contributed by atoms with Crippen molar-refractivity contribution in [1.82, 2.24) is 10.3 Å². The van der Waals surface area contributed by atoms with Crippen LogP contribution in [-0.4, -0.2) is 28.5 Å². The number of carboxylic acids is 1. The van der Waals surface area contributed by atoms with Crippen LogP contribution in [0.5, 0.6) is 0 Å². The third-order valence-corrected chi connectivity index (χ3v) is 8.08. The van der Waals surface area contributed by atoms with Crippen LogP contribution in [0.25, 0.3) is 16.8 Å². The molecule has 6 nitrogen and oxygen atoms in total. The number of carboxylic acid groups (broad SMARTS) is 1. The smallest absolute Gasteiger partial charge is 0.305 e. The molecule has 0 saturated heterocycles. The summed E-state index contributed by atoms with van der Waals surface area (Å²) in [6, 6.07) is 26.5. The number of carbonyl (C=O) groups is 2. The molecule has 40 heavy (non-hydrogen) atoms. The molecule has 0 saturated carbocycles. The average molecular weight is 552 g/mol. The number of benzene rings is 3. The highest BCUT2D eigenvalue weighted by Gasteiger charge is 2.19. The van der Waals surface area contributed by atoms with E-state index in [-0.39, 0.29) is 18.9 Å². The Morgan fingerprint density at radius 3 is 2.38 bits per heavy atom. The number of nitrogens with one attached hydrogen (secondary N) is 1. The van der Waals surface area contributed by atoms with Gasteiger partial charge in [0.1, 0.15) is 0 Å². The quantitative estimate of drug-likeness (QED) is 0.212. The second-order valence-corrected chi connectivity index (χ2v) is 11.2. The van der Waals surface area contributed by atoms with Gasteiger partial charge in [-0.2, -0.15) is 0 Å². The average Bonchev–Trinajstić information content (AvgIpc) is 3.38. The van der Waals surface area contributed by atoms with E-state index in [1.54, 1.807) is 23.5 Å². The van der Waals surface area contributed by atoms with E-state index in [1.165, 1.54) is 24.0 Å². The summed E-state index contributed by atoms with van der Waals surface area (Å²) in [6.07, 6.45) is 7.06. The van der Waals surface area contributed by atoms with Gasteiger partial charge in [-0.15, -0.1) is 11.3 Å². The predicted octanol–water partition coefficient (Wildman–Crippen LogP) is 7.62. The van der Waals surface area contributed by atoms with E-state index < -0.39 is 5.97 Å². The Kier molecular flexibility index (Phi) is 8.71. The van der Waals surface area contributed by atoms with Gasteiger partial charge in [-0.3, -0.25) is 9.59 Å². The highest BCUT2D eigenvalue weighted by Crippen LogP contribution is 2.37. The number of nitrogens with zero attached hydrogens (tertiary/aromatic N) is 2. The summed E-state index contributed by atoms with van der Waals surface area (Å²) >= 11 is 1.67. The second-order valence-electron chi connectivity index (χ2n) is 9.97. The highest BCUT2D eigenvalue weighted by molar-refractivity contribution is 7.16. The van der Waals surface area contributed by atoms with Crippen LogP contribution in [0.2, 0.25) is 0 Å². The lowest BCUT2D eigenvalue weighted by atomic mass is 9.93. The van der Waals surface area contributed by atoms with Crippen molar-refractivity contribution in [2.45, 2.75) is 45.6 Å². The van der Waals surface area contributed by atoms with Gasteiger partial charge in [-0.05, 0) is 73.6 Å². The molecular formula is C33H33N3O3S. The minimum absolute atomic E-state index is 0.101. The molecule has 1 aromatic heterocycles. The normalized spacial score (nSPS) is 13.0. The molecule has 1 heterocycles. The third-order valence-electron chi connectivity index (χ3n) is 7.09. The van der Waals surface area contributed by atoms with Crippen LogP contribution in [0.15, 0.2) is 84.9 Å². The van der Waals surface area contributed by atoms with Gasteiger partial charge in [0.2, 0.25) is 0 Å². The van der Waals surface area contributed by atoms with E-state index in [1.807, 2.05) is 30.3 Å². The van der Waals surface area contributed by atoms with E-state index >= 15 is 0 Å². The highest BCUT2D eigenvalue weighted by atomic mass is 32.1. The van der Waals surface area contributed by atoms with Gasteiger partial charge in [0.05, 0.1) is 18.7 Å². The number of amides is 1. The van der Waals surface area contributed by atoms with Crippen LogP contribution >= 0.6 is 11.3 Å². The number of aromatic nitrogens is 1. The molecular weight excluding hydrogens is 518 g/mol. The Labute approximate surface area is 239 Å². The topological polar surface area (TPSA) is 82.5 Å². The van der Waals surface area contributed by atoms with E-state index in [2.05, 4.69) is 59.6 Å². The van der Waals surface area contributed by atoms with Crippen molar-refractivity contribution in [3.05, 3.63) is 107 Å². The number of aliphatic carboxylic acids is 1. The Morgan fingerprint density at radius 2 is 1.70 bits per heavy atom. The zero-order valence-corrected chi connectivity index (χ0v) is 23.4. The molecule has 7 heteroatoms. The zero-order chi connectivity index (χ0) is 27.9. The summed E-state index contributed by atoms with van der Waals surface area (Å²) in [7, 11) is 0.